The van der Waals surface area contributed by atoms with Gasteiger partial charge in [0.2, 0.25) is 0 Å². The Morgan fingerprint density at radius 2 is 1.26 bits per heavy atom. The largest absolute Gasteiger partial charge is 0.478 e. The number of benzene rings is 4. The molecular formula is C30H15N3O6. The summed E-state index contributed by atoms with van der Waals surface area (Å²) in [4.78, 5) is 51.2. The molecule has 0 saturated heterocycles. The Labute approximate surface area is 221 Å². The smallest absolute Gasteiger partial charge is 0.335 e. The molecule has 0 bridgehead atoms. The van der Waals surface area contributed by atoms with Gasteiger partial charge in [-0.1, -0.05) is 18.2 Å². The van der Waals surface area contributed by atoms with Gasteiger partial charge in [0, 0.05) is 11.1 Å². The van der Waals surface area contributed by atoms with Crippen molar-refractivity contribution in [1.82, 2.24) is 0 Å². The van der Waals surface area contributed by atoms with E-state index >= 15 is 0 Å². The van der Waals surface area contributed by atoms with Gasteiger partial charge in [0.05, 0.1) is 33.5 Å². The number of aromatic carboxylic acids is 1. The Bertz CT molecular complexity index is 1780. The lowest BCUT2D eigenvalue weighted by atomic mass is 9.98. The van der Waals surface area contributed by atoms with Gasteiger partial charge in [-0.15, -0.1) is 0 Å². The SMILES string of the molecule is N#Cc1ccc(Oc2ccc(N3C(=O)c4ccc(C(=O)c5ccc(C(=O)O)cc5)cc4C3=O)cc2)cc1C#N. The minimum Gasteiger partial charge on any atom is -0.478 e. The highest BCUT2D eigenvalue weighted by molar-refractivity contribution is 6.35. The Kier molecular flexibility index (Phi) is 6.17. The van der Waals surface area contributed by atoms with Crippen LogP contribution in [0.25, 0.3) is 0 Å². The van der Waals surface area contributed by atoms with Gasteiger partial charge in [0.1, 0.15) is 23.6 Å². The number of nitrogens with zero attached hydrogens (tertiary/aromatic N) is 3. The van der Waals surface area contributed by atoms with Gasteiger partial charge in [-0.3, -0.25) is 14.4 Å². The zero-order chi connectivity index (χ0) is 27.7. The van der Waals surface area contributed by atoms with Crippen LogP contribution in [0.15, 0.2) is 84.9 Å². The van der Waals surface area contributed by atoms with Crippen molar-refractivity contribution in [3.63, 3.8) is 0 Å². The Morgan fingerprint density at radius 3 is 1.90 bits per heavy atom. The molecule has 186 valence electrons. The average Bonchev–Trinajstić information content (AvgIpc) is 3.21. The number of carboxylic acids is 1. The molecule has 39 heavy (non-hydrogen) atoms. The lowest BCUT2D eigenvalue weighted by Crippen LogP contribution is -2.29. The van der Waals surface area contributed by atoms with E-state index in [-0.39, 0.29) is 38.9 Å². The van der Waals surface area contributed by atoms with Crippen LogP contribution in [0.4, 0.5) is 5.69 Å². The number of carbonyl (C=O) groups excluding carboxylic acids is 3. The first kappa shape index (κ1) is 24.6. The highest BCUT2D eigenvalue weighted by atomic mass is 16.5. The summed E-state index contributed by atoms with van der Waals surface area (Å²) in [5.74, 6) is -1.95. The molecule has 0 radical (unpaired) electrons. The Hall–Kier alpha value is -6.06. The predicted octanol–water partition coefficient (Wildman–Crippen LogP) is 4.95. The van der Waals surface area contributed by atoms with Gasteiger partial charge in [0.25, 0.3) is 11.8 Å². The molecule has 1 aliphatic rings. The highest BCUT2D eigenvalue weighted by Crippen LogP contribution is 2.32. The third-order valence-corrected chi connectivity index (χ3v) is 6.11. The fourth-order valence-corrected chi connectivity index (χ4v) is 4.12. The molecular weight excluding hydrogens is 498 g/mol. The highest BCUT2D eigenvalue weighted by Gasteiger charge is 2.37. The number of anilines is 1. The number of carbonyl (C=O) groups is 4. The number of fused-ring (bicyclic) bond motifs is 1. The van der Waals surface area contributed by atoms with Gasteiger partial charge in [-0.05, 0) is 66.7 Å². The Morgan fingerprint density at radius 1 is 0.667 bits per heavy atom. The minimum absolute atomic E-state index is 0.0390. The van der Waals surface area contributed by atoms with E-state index in [9.17, 15) is 24.4 Å². The lowest BCUT2D eigenvalue weighted by molar-refractivity contribution is 0.0695. The van der Waals surface area contributed by atoms with Crippen LogP contribution in [0.1, 0.15) is 58.1 Å². The summed E-state index contributed by atoms with van der Waals surface area (Å²) >= 11 is 0. The Balaban J connectivity index is 1.36. The van der Waals surface area contributed by atoms with Crippen molar-refractivity contribution in [3.8, 4) is 23.6 Å². The first-order valence-electron chi connectivity index (χ1n) is 11.4. The molecule has 1 heterocycles. The van der Waals surface area contributed by atoms with E-state index in [0.29, 0.717) is 17.2 Å². The van der Waals surface area contributed by atoms with Crippen molar-refractivity contribution in [1.29, 1.82) is 10.5 Å². The van der Waals surface area contributed by atoms with Crippen LogP contribution in [-0.4, -0.2) is 28.7 Å². The summed E-state index contributed by atoms with van der Waals surface area (Å²) in [5.41, 5.74) is 1.39. The number of nitriles is 2. The fourth-order valence-electron chi connectivity index (χ4n) is 4.12. The molecule has 0 atom stereocenters. The van der Waals surface area contributed by atoms with Crippen LogP contribution >= 0.6 is 0 Å². The van der Waals surface area contributed by atoms with Crippen LogP contribution in [0.3, 0.4) is 0 Å². The molecule has 9 heteroatoms. The first-order valence-corrected chi connectivity index (χ1v) is 11.4. The van der Waals surface area contributed by atoms with Crippen molar-refractivity contribution in [3.05, 3.63) is 124 Å². The maximum absolute atomic E-state index is 13.2. The molecule has 4 aromatic carbocycles. The van der Waals surface area contributed by atoms with E-state index in [1.54, 1.807) is 18.2 Å². The zero-order valence-corrected chi connectivity index (χ0v) is 19.9. The van der Waals surface area contributed by atoms with Gasteiger partial charge in [0.15, 0.2) is 5.78 Å². The third kappa shape index (κ3) is 4.48. The maximum atomic E-state index is 13.2. The number of ketones is 1. The predicted molar refractivity (Wildman–Crippen MR) is 137 cm³/mol. The fraction of sp³-hybridized carbons (Fsp3) is 0. The zero-order valence-electron chi connectivity index (χ0n) is 19.9. The number of imide groups is 1. The van der Waals surface area contributed by atoms with E-state index in [1.165, 1.54) is 66.7 Å². The van der Waals surface area contributed by atoms with Gasteiger partial charge >= 0.3 is 5.97 Å². The minimum atomic E-state index is -1.11. The molecule has 0 aliphatic carbocycles. The van der Waals surface area contributed by atoms with E-state index in [4.69, 9.17) is 15.1 Å². The van der Waals surface area contributed by atoms with Crippen molar-refractivity contribution in [2.75, 3.05) is 4.90 Å². The van der Waals surface area contributed by atoms with Crippen LogP contribution in [-0.2, 0) is 0 Å². The third-order valence-electron chi connectivity index (χ3n) is 6.11. The van der Waals surface area contributed by atoms with Crippen LogP contribution in [0.2, 0.25) is 0 Å². The maximum Gasteiger partial charge on any atom is 0.335 e. The summed E-state index contributed by atoms with van der Waals surface area (Å²) in [6, 6.07) is 24.1. The van der Waals surface area contributed by atoms with E-state index in [0.717, 1.165) is 4.90 Å². The van der Waals surface area contributed by atoms with Gasteiger partial charge in [-0.25, -0.2) is 9.69 Å². The number of amides is 2. The standard InChI is InChI=1S/C30H15N3O6/c31-15-20-5-9-24(13-21(20)16-32)39-23-10-7-22(8-11-23)33-28(35)25-12-6-19(14-26(25)29(33)36)27(34)17-1-3-18(4-2-17)30(37)38/h1-14H,(H,37,38). The molecule has 4 aromatic rings. The van der Waals surface area contributed by atoms with E-state index in [2.05, 4.69) is 0 Å². The van der Waals surface area contributed by atoms with E-state index < -0.39 is 23.6 Å². The number of carboxylic acid groups (broad SMARTS) is 1. The molecule has 2 amide bonds. The molecule has 5 rings (SSSR count). The number of ether oxygens (including phenoxy) is 1. The second-order valence-electron chi connectivity index (χ2n) is 8.44. The average molecular weight is 513 g/mol. The van der Waals surface area contributed by atoms with Crippen molar-refractivity contribution >= 4 is 29.3 Å². The number of hydrogen-bond donors (Lipinski definition) is 1. The van der Waals surface area contributed by atoms with Gasteiger partial charge in [-0.2, -0.15) is 10.5 Å². The normalized spacial score (nSPS) is 11.9. The lowest BCUT2D eigenvalue weighted by Gasteiger charge is -2.14. The molecule has 0 saturated carbocycles. The van der Waals surface area contributed by atoms with Crippen LogP contribution in [0, 0.1) is 22.7 Å². The van der Waals surface area contributed by atoms with Crippen LogP contribution < -0.4 is 9.64 Å². The second kappa shape index (κ2) is 9.77. The van der Waals surface area contributed by atoms with Gasteiger partial charge < -0.3 is 9.84 Å². The topological polar surface area (TPSA) is 149 Å². The van der Waals surface area contributed by atoms with Crippen molar-refractivity contribution in [2.24, 2.45) is 0 Å². The first-order chi connectivity index (χ1) is 18.8. The number of hydrogen-bond acceptors (Lipinski definition) is 7. The summed E-state index contributed by atoms with van der Waals surface area (Å²) in [7, 11) is 0. The molecule has 1 aliphatic heterocycles. The molecule has 0 fully saturated rings. The molecule has 0 aromatic heterocycles. The van der Waals surface area contributed by atoms with E-state index in [1.807, 2.05) is 12.1 Å². The van der Waals surface area contributed by atoms with Crippen molar-refractivity contribution in [2.45, 2.75) is 0 Å². The quantitative estimate of drug-likeness (QED) is 0.281. The molecule has 0 unspecified atom stereocenters. The van der Waals surface area contributed by atoms with Crippen molar-refractivity contribution < 1.29 is 29.0 Å². The summed E-state index contributed by atoms with van der Waals surface area (Å²) in [6.07, 6.45) is 0. The number of rotatable bonds is 6. The second-order valence-corrected chi connectivity index (χ2v) is 8.44. The molecule has 9 nitrogen and oxygen atoms in total. The molecule has 1 N–H and O–H groups in total. The molecule has 0 spiro atoms. The van der Waals surface area contributed by atoms with Crippen LogP contribution in [0.5, 0.6) is 11.5 Å². The summed E-state index contributed by atoms with van der Waals surface area (Å²) in [5, 5.41) is 27.3. The monoisotopic (exact) mass is 513 g/mol. The summed E-state index contributed by atoms with van der Waals surface area (Å²) in [6.45, 7) is 0. The summed E-state index contributed by atoms with van der Waals surface area (Å²) < 4.78 is 5.74.